The summed E-state index contributed by atoms with van der Waals surface area (Å²) in [7, 11) is 0. The molecule has 0 unspecified atom stereocenters. The lowest BCUT2D eigenvalue weighted by molar-refractivity contribution is -0.205. The molecule has 0 spiro atoms. The molecule has 0 aliphatic carbocycles. The molecule has 3 aromatic rings. The van der Waals surface area contributed by atoms with Gasteiger partial charge in [-0.3, -0.25) is 0 Å². The first-order valence-electron chi connectivity index (χ1n) is 11.8. The Hall–Kier alpha value is -3.50. The van der Waals surface area contributed by atoms with Gasteiger partial charge in [-0.2, -0.15) is 8.78 Å². The molecule has 0 aromatic heterocycles. The molecule has 1 fully saturated rings. The Morgan fingerprint density at radius 3 is 1.58 bits per heavy atom. The van der Waals surface area contributed by atoms with Gasteiger partial charge in [0.1, 0.15) is 18.3 Å². The third-order valence-corrected chi connectivity index (χ3v) is 5.75. The monoisotopic (exact) mass is 490 g/mol. The van der Waals surface area contributed by atoms with E-state index < -0.39 is 36.3 Å². The van der Waals surface area contributed by atoms with Crippen molar-refractivity contribution in [1.82, 2.24) is 0 Å². The molecular weight excluding hydrogens is 462 g/mol. The molecular formula is C30H28F2O4. The highest BCUT2D eigenvalue weighted by Crippen LogP contribution is 2.34. The summed E-state index contributed by atoms with van der Waals surface area (Å²) < 4.78 is 52.6. The van der Waals surface area contributed by atoms with Crippen molar-refractivity contribution in [3.8, 4) is 11.8 Å². The molecule has 0 saturated carbocycles. The molecule has 3 aromatic carbocycles. The Morgan fingerprint density at radius 2 is 1.14 bits per heavy atom. The number of hydrogen-bond donors (Lipinski definition) is 0. The molecule has 1 aliphatic rings. The van der Waals surface area contributed by atoms with Gasteiger partial charge in [0.05, 0.1) is 19.8 Å². The first-order valence-corrected chi connectivity index (χ1v) is 11.8. The highest BCUT2D eigenvalue weighted by molar-refractivity contribution is 5.21. The smallest absolute Gasteiger partial charge is 0.310 e. The summed E-state index contributed by atoms with van der Waals surface area (Å²) in [6.45, 7) is 2.16. The maximum absolute atomic E-state index is 14.2. The average molecular weight is 491 g/mol. The molecule has 1 saturated heterocycles. The van der Waals surface area contributed by atoms with E-state index in [9.17, 15) is 8.78 Å². The highest BCUT2D eigenvalue weighted by Gasteiger charge is 2.47. The molecule has 1 aliphatic heterocycles. The molecule has 186 valence electrons. The zero-order valence-electron chi connectivity index (χ0n) is 20.0. The maximum Gasteiger partial charge on any atom is 0.310 e. The van der Waals surface area contributed by atoms with E-state index in [1.165, 1.54) is 0 Å². The Balaban J connectivity index is 1.65. The first-order chi connectivity index (χ1) is 17.7. The normalized spacial score (nSPS) is 21.2. The van der Waals surface area contributed by atoms with Crippen molar-refractivity contribution in [2.75, 3.05) is 0 Å². The van der Waals surface area contributed by atoms with Crippen LogP contribution in [0.15, 0.2) is 103 Å². The molecule has 6 heteroatoms. The van der Waals surface area contributed by atoms with E-state index in [0.29, 0.717) is 0 Å². The van der Waals surface area contributed by atoms with Crippen molar-refractivity contribution in [2.45, 2.75) is 51.2 Å². The van der Waals surface area contributed by atoms with Gasteiger partial charge in [-0.1, -0.05) is 96.9 Å². The van der Waals surface area contributed by atoms with Crippen molar-refractivity contribution in [3.05, 3.63) is 120 Å². The Kier molecular flexibility index (Phi) is 9.23. The lowest BCUT2D eigenvalue weighted by atomic mass is 9.97. The van der Waals surface area contributed by atoms with Gasteiger partial charge < -0.3 is 18.9 Å². The van der Waals surface area contributed by atoms with Crippen LogP contribution >= 0.6 is 0 Å². The Morgan fingerprint density at radius 1 is 0.694 bits per heavy atom. The van der Waals surface area contributed by atoms with Crippen molar-refractivity contribution in [1.29, 1.82) is 0 Å². The van der Waals surface area contributed by atoms with Gasteiger partial charge in [-0.25, -0.2) is 0 Å². The quantitative estimate of drug-likeness (QED) is 0.331. The van der Waals surface area contributed by atoms with Gasteiger partial charge in [-0.15, -0.1) is 5.92 Å². The summed E-state index contributed by atoms with van der Waals surface area (Å²) >= 11 is 0. The highest BCUT2D eigenvalue weighted by atomic mass is 19.3. The lowest BCUT2D eigenvalue weighted by Crippen LogP contribution is -2.54. The fourth-order valence-electron chi connectivity index (χ4n) is 4.00. The number of hydrogen-bond acceptors (Lipinski definition) is 4. The van der Waals surface area contributed by atoms with Crippen molar-refractivity contribution in [2.24, 2.45) is 0 Å². The number of rotatable bonds is 9. The van der Waals surface area contributed by atoms with Crippen LogP contribution in [0, 0.1) is 11.8 Å². The van der Waals surface area contributed by atoms with Crippen LogP contribution in [0.3, 0.4) is 0 Å². The summed E-state index contributed by atoms with van der Waals surface area (Å²) in [6.07, 6.45) is -5.77. The van der Waals surface area contributed by atoms with Crippen LogP contribution in [0.25, 0.3) is 0 Å². The second-order valence-corrected chi connectivity index (χ2v) is 8.30. The lowest BCUT2D eigenvalue weighted by Gasteiger charge is -2.41. The molecule has 1 heterocycles. The van der Waals surface area contributed by atoms with E-state index in [2.05, 4.69) is 11.8 Å². The summed E-state index contributed by atoms with van der Waals surface area (Å²) in [5, 5.41) is 0. The number of halogens is 2. The zero-order chi connectivity index (χ0) is 25.2. The van der Waals surface area contributed by atoms with Gasteiger partial charge in [0.2, 0.25) is 0 Å². The molecule has 4 nitrogen and oxygen atoms in total. The second-order valence-electron chi connectivity index (χ2n) is 8.30. The minimum absolute atomic E-state index is 0.104. The van der Waals surface area contributed by atoms with Gasteiger partial charge in [0, 0.05) is 0 Å². The second kappa shape index (κ2) is 13.0. The van der Waals surface area contributed by atoms with Gasteiger partial charge >= 0.3 is 6.08 Å². The molecule has 4 atom stereocenters. The summed E-state index contributed by atoms with van der Waals surface area (Å²) in [4.78, 5) is 0. The van der Waals surface area contributed by atoms with Crippen LogP contribution in [0.5, 0.6) is 0 Å². The zero-order valence-corrected chi connectivity index (χ0v) is 20.0. The minimum Gasteiger partial charge on any atom is -0.471 e. The van der Waals surface area contributed by atoms with Crippen molar-refractivity contribution in [3.63, 3.8) is 0 Å². The average Bonchev–Trinajstić information content (AvgIpc) is 2.92. The fourth-order valence-corrected chi connectivity index (χ4v) is 4.00. The van der Waals surface area contributed by atoms with E-state index in [1.807, 2.05) is 91.0 Å². The summed E-state index contributed by atoms with van der Waals surface area (Å²) in [5.74, 6) is 5.08. The number of benzene rings is 3. The van der Waals surface area contributed by atoms with Gasteiger partial charge in [0.15, 0.2) is 11.9 Å². The Bertz CT molecular complexity index is 1170. The number of ether oxygens (including phenoxy) is 4. The van der Waals surface area contributed by atoms with Crippen LogP contribution in [-0.4, -0.2) is 24.4 Å². The third kappa shape index (κ3) is 6.79. The maximum atomic E-state index is 14.2. The van der Waals surface area contributed by atoms with Gasteiger partial charge in [0.25, 0.3) is 0 Å². The van der Waals surface area contributed by atoms with E-state index in [4.69, 9.17) is 18.9 Å². The first kappa shape index (κ1) is 25.6. The van der Waals surface area contributed by atoms with Crippen LogP contribution in [0.2, 0.25) is 0 Å². The molecule has 0 amide bonds. The predicted molar refractivity (Wildman–Crippen MR) is 133 cm³/mol. The van der Waals surface area contributed by atoms with E-state index in [0.717, 1.165) is 16.7 Å². The van der Waals surface area contributed by atoms with Crippen LogP contribution in [0.4, 0.5) is 8.78 Å². The van der Waals surface area contributed by atoms with E-state index >= 15 is 0 Å². The molecule has 0 radical (unpaired) electrons. The topological polar surface area (TPSA) is 36.9 Å². The molecule has 0 N–H and O–H groups in total. The molecule has 0 bridgehead atoms. The molecule has 36 heavy (non-hydrogen) atoms. The van der Waals surface area contributed by atoms with Gasteiger partial charge in [-0.05, 0) is 23.6 Å². The standard InChI is InChI=1S/C30H28F2O4/c1-2-12-25-26(33-19-22-13-6-3-7-14-22)27(34-20-23-15-8-4-9-16-23)28(29(36-25)30(31)32)35-21-24-17-10-5-11-18-24/h3-11,13-18,25-28H,19-21H2,1H3/t25-,26-,27+,28+/m1/s1. The summed E-state index contributed by atoms with van der Waals surface area (Å²) in [5.41, 5.74) is 2.68. The Labute approximate surface area is 210 Å². The van der Waals surface area contributed by atoms with Crippen LogP contribution in [-0.2, 0) is 38.8 Å². The minimum atomic E-state index is -1.97. The SMILES string of the molecule is CC#C[C@H]1OC(=C(F)F)[C@@H](OCc2ccccc2)[C@@H](OCc2ccccc2)[C@@H]1OCc1ccccc1. The third-order valence-electron chi connectivity index (χ3n) is 5.75. The predicted octanol–water partition coefficient (Wildman–Crippen LogP) is 6.27. The summed E-state index contributed by atoms with van der Waals surface area (Å²) in [6, 6.07) is 28.5. The van der Waals surface area contributed by atoms with E-state index in [-0.39, 0.29) is 19.8 Å². The fraction of sp³-hybridized carbons (Fsp3) is 0.267. The largest absolute Gasteiger partial charge is 0.471 e. The van der Waals surface area contributed by atoms with E-state index in [1.54, 1.807) is 6.92 Å². The van der Waals surface area contributed by atoms with Crippen LogP contribution < -0.4 is 0 Å². The van der Waals surface area contributed by atoms with Crippen molar-refractivity contribution >= 4 is 0 Å². The van der Waals surface area contributed by atoms with Crippen LogP contribution in [0.1, 0.15) is 23.6 Å². The molecule has 4 rings (SSSR count). The van der Waals surface area contributed by atoms with Crippen molar-refractivity contribution < 1.29 is 27.7 Å².